The van der Waals surface area contributed by atoms with Crippen molar-refractivity contribution in [2.45, 2.75) is 55.3 Å². The molecule has 0 saturated carbocycles. The minimum atomic E-state index is -4.82. The van der Waals surface area contributed by atoms with E-state index >= 15 is 0 Å². The Balaban J connectivity index is 0.00000342. The highest BCUT2D eigenvalue weighted by molar-refractivity contribution is 8.00. The van der Waals surface area contributed by atoms with Gasteiger partial charge in [0.2, 0.25) is 0 Å². The summed E-state index contributed by atoms with van der Waals surface area (Å²) in [6, 6.07) is 7.42. The van der Waals surface area contributed by atoms with Gasteiger partial charge in [-0.3, -0.25) is 0 Å². The van der Waals surface area contributed by atoms with Crippen molar-refractivity contribution < 1.29 is 26.7 Å². The fourth-order valence-electron chi connectivity index (χ4n) is 3.71. The molecule has 0 aliphatic carbocycles. The van der Waals surface area contributed by atoms with Gasteiger partial charge in [-0.25, -0.2) is 18.3 Å². The molecule has 1 fully saturated rings. The molecule has 0 spiro atoms. The van der Waals surface area contributed by atoms with Crippen molar-refractivity contribution in [3.63, 3.8) is 0 Å². The Bertz CT molecular complexity index is 1160. The van der Waals surface area contributed by atoms with E-state index in [-0.39, 0.29) is 42.6 Å². The van der Waals surface area contributed by atoms with Gasteiger partial charge in [0.15, 0.2) is 5.65 Å². The zero-order chi connectivity index (χ0) is 24.5. The predicted octanol–water partition coefficient (Wildman–Crippen LogP) is 5.87. The third-order valence-corrected chi connectivity index (χ3v) is 6.71. The standard InChI is InChI=1S/C22H24F5N5OS.ClH/c1-13(2)16-11-30-20-15(29-10-14-5-3-4-6-17(14)33-22(25,26)27)9-19(31-32(16)20)34-18-7-8-28-12-21(18,23)24;/h3-6,9,11,13,18,28-29H,7-8,10,12H2,1-2H3;1H. The van der Waals surface area contributed by atoms with E-state index in [1.54, 1.807) is 22.8 Å². The fraction of sp³-hybridized carbons (Fsp3) is 0.455. The highest BCUT2D eigenvalue weighted by Crippen LogP contribution is 2.38. The summed E-state index contributed by atoms with van der Waals surface area (Å²) < 4.78 is 72.9. The van der Waals surface area contributed by atoms with Gasteiger partial charge in [0.1, 0.15) is 10.8 Å². The lowest BCUT2D eigenvalue weighted by molar-refractivity contribution is -0.274. The minimum absolute atomic E-state index is 0. The number of thioether (sulfide) groups is 1. The molecule has 3 aromatic rings. The molecule has 0 radical (unpaired) electrons. The molecular formula is C22H25ClF5N5OS. The molecule has 0 bridgehead atoms. The highest BCUT2D eigenvalue weighted by Gasteiger charge is 2.42. The maximum atomic E-state index is 14.4. The number of piperidine rings is 1. The van der Waals surface area contributed by atoms with Crippen LogP contribution < -0.4 is 15.4 Å². The van der Waals surface area contributed by atoms with Crippen molar-refractivity contribution in [2.24, 2.45) is 0 Å². The average molecular weight is 538 g/mol. The first-order valence-electron chi connectivity index (χ1n) is 10.7. The van der Waals surface area contributed by atoms with Crippen LogP contribution in [-0.2, 0) is 6.54 Å². The molecule has 6 nitrogen and oxygen atoms in total. The summed E-state index contributed by atoms with van der Waals surface area (Å²) in [7, 11) is 0. The summed E-state index contributed by atoms with van der Waals surface area (Å²) in [6.07, 6.45) is -2.88. The lowest BCUT2D eigenvalue weighted by Gasteiger charge is -2.31. The first-order valence-corrected chi connectivity index (χ1v) is 11.6. The van der Waals surface area contributed by atoms with Gasteiger partial charge in [-0.2, -0.15) is 5.10 Å². The van der Waals surface area contributed by atoms with E-state index in [2.05, 4.69) is 25.5 Å². The minimum Gasteiger partial charge on any atom is -0.405 e. The van der Waals surface area contributed by atoms with E-state index in [1.165, 1.54) is 18.2 Å². The summed E-state index contributed by atoms with van der Waals surface area (Å²) in [5.74, 6) is -3.14. The molecule has 0 amide bonds. The van der Waals surface area contributed by atoms with E-state index in [4.69, 9.17) is 0 Å². The van der Waals surface area contributed by atoms with Gasteiger partial charge in [0.05, 0.1) is 29.4 Å². The van der Waals surface area contributed by atoms with Crippen molar-refractivity contribution >= 4 is 35.5 Å². The van der Waals surface area contributed by atoms with Gasteiger partial charge in [0.25, 0.3) is 5.92 Å². The maximum Gasteiger partial charge on any atom is 0.573 e. The van der Waals surface area contributed by atoms with Crippen LogP contribution in [0.4, 0.5) is 27.6 Å². The first-order chi connectivity index (χ1) is 16.0. The Labute approximate surface area is 209 Å². The van der Waals surface area contributed by atoms with Crippen LogP contribution in [0.25, 0.3) is 5.65 Å². The van der Waals surface area contributed by atoms with E-state index in [1.807, 2.05) is 13.8 Å². The number of hydrogen-bond donors (Lipinski definition) is 2. The predicted molar refractivity (Wildman–Crippen MR) is 127 cm³/mol. The second-order valence-corrected chi connectivity index (χ2v) is 9.53. The number of ether oxygens (including phenoxy) is 1. The van der Waals surface area contributed by atoms with Gasteiger partial charge in [0, 0.05) is 12.1 Å². The van der Waals surface area contributed by atoms with E-state index in [9.17, 15) is 22.0 Å². The summed E-state index contributed by atoms with van der Waals surface area (Å²) >= 11 is 0.994. The Hall–Kier alpha value is -2.31. The normalized spacial score (nSPS) is 17.9. The molecule has 1 saturated heterocycles. The number of imidazole rings is 1. The monoisotopic (exact) mass is 537 g/mol. The van der Waals surface area contributed by atoms with Gasteiger partial charge < -0.3 is 15.4 Å². The number of alkyl halides is 5. The summed E-state index contributed by atoms with van der Waals surface area (Å²) in [5, 5.41) is 9.78. The van der Waals surface area contributed by atoms with Crippen molar-refractivity contribution in [3.8, 4) is 5.75 Å². The van der Waals surface area contributed by atoms with Crippen molar-refractivity contribution in [1.82, 2.24) is 19.9 Å². The van der Waals surface area contributed by atoms with Gasteiger partial charge in [-0.05, 0) is 31.0 Å². The van der Waals surface area contributed by atoms with E-state index in [0.717, 1.165) is 17.5 Å². The SMILES string of the molecule is CC(C)c1cnc2c(NCc3ccccc3OC(F)(F)F)cc(SC3CCNCC3(F)F)nn12.Cl. The number of benzene rings is 1. The molecular weight excluding hydrogens is 513 g/mol. The van der Waals surface area contributed by atoms with E-state index < -0.39 is 24.1 Å². The quantitative estimate of drug-likeness (QED) is 0.367. The van der Waals surface area contributed by atoms with Gasteiger partial charge >= 0.3 is 6.36 Å². The van der Waals surface area contributed by atoms with Crippen LogP contribution in [0, 0.1) is 0 Å². The molecule has 2 N–H and O–H groups in total. The topological polar surface area (TPSA) is 63.5 Å². The second kappa shape index (κ2) is 10.8. The number of rotatable bonds is 7. The van der Waals surface area contributed by atoms with Gasteiger partial charge in [-0.1, -0.05) is 43.8 Å². The second-order valence-electron chi connectivity index (χ2n) is 8.31. The summed E-state index contributed by atoms with van der Waals surface area (Å²) in [6.45, 7) is 4.02. The van der Waals surface area contributed by atoms with Crippen molar-refractivity contribution in [3.05, 3.63) is 47.8 Å². The molecule has 2 aromatic heterocycles. The maximum absolute atomic E-state index is 14.4. The molecule has 35 heavy (non-hydrogen) atoms. The van der Waals surface area contributed by atoms with Crippen LogP contribution in [0.15, 0.2) is 41.6 Å². The van der Waals surface area contributed by atoms with Crippen LogP contribution in [0.1, 0.15) is 37.4 Å². The zero-order valence-corrected chi connectivity index (χ0v) is 20.5. The molecule has 1 unspecified atom stereocenters. The molecule has 1 aliphatic heterocycles. The number of anilines is 1. The van der Waals surface area contributed by atoms with Crippen LogP contribution in [0.3, 0.4) is 0 Å². The fourth-order valence-corrected chi connectivity index (χ4v) is 4.81. The largest absolute Gasteiger partial charge is 0.573 e. The number of halogens is 6. The number of fused-ring (bicyclic) bond motifs is 1. The molecule has 13 heteroatoms. The third kappa shape index (κ3) is 6.47. The molecule has 192 valence electrons. The average Bonchev–Trinajstić information content (AvgIpc) is 3.18. The molecule has 1 aromatic carbocycles. The van der Waals surface area contributed by atoms with Crippen molar-refractivity contribution in [1.29, 1.82) is 0 Å². The smallest absolute Gasteiger partial charge is 0.405 e. The molecule has 4 rings (SSSR count). The van der Waals surface area contributed by atoms with Crippen LogP contribution in [0.2, 0.25) is 0 Å². The number of hydrogen-bond acceptors (Lipinski definition) is 6. The molecule has 3 heterocycles. The van der Waals surface area contributed by atoms with Crippen LogP contribution in [0.5, 0.6) is 5.75 Å². The summed E-state index contributed by atoms with van der Waals surface area (Å²) in [5.41, 5.74) is 2.01. The number of nitrogens with zero attached hydrogens (tertiary/aromatic N) is 3. The first kappa shape index (κ1) is 27.3. The van der Waals surface area contributed by atoms with Crippen LogP contribution >= 0.6 is 24.2 Å². The van der Waals surface area contributed by atoms with E-state index in [0.29, 0.717) is 22.9 Å². The Morgan fingerprint density at radius 3 is 2.71 bits per heavy atom. The zero-order valence-electron chi connectivity index (χ0n) is 18.9. The third-order valence-electron chi connectivity index (χ3n) is 5.41. The Kier molecular flexibility index (Phi) is 8.38. The summed E-state index contributed by atoms with van der Waals surface area (Å²) in [4.78, 5) is 4.41. The molecule has 1 aliphatic rings. The molecule has 1 atom stereocenters. The number of para-hydroxylation sites is 1. The van der Waals surface area contributed by atoms with Crippen molar-refractivity contribution in [2.75, 3.05) is 18.4 Å². The Morgan fingerprint density at radius 1 is 1.29 bits per heavy atom. The highest BCUT2D eigenvalue weighted by atomic mass is 35.5. The van der Waals surface area contributed by atoms with Gasteiger partial charge in [-0.15, -0.1) is 25.6 Å². The lowest BCUT2D eigenvalue weighted by Crippen LogP contribution is -2.47. The Morgan fingerprint density at radius 2 is 2.03 bits per heavy atom. The lowest BCUT2D eigenvalue weighted by atomic mass is 10.1. The number of aromatic nitrogens is 3. The van der Waals surface area contributed by atoms with Crippen LogP contribution in [-0.4, -0.2) is 45.2 Å². The number of nitrogens with one attached hydrogen (secondary N) is 2.